The standard InChI is InChI=1S/C14H17F3N2S/c1-9-6-10(2)20-13(19-9)18-8-11-4-3-5-12(7-11)14(15,16)17/h3-5,7,9-10H,6,8H2,1-2H3,(H,18,19). The Kier molecular flexibility index (Phi) is 4.62. The van der Waals surface area contributed by atoms with E-state index in [0.717, 1.165) is 23.7 Å². The summed E-state index contributed by atoms with van der Waals surface area (Å²) < 4.78 is 37.8. The van der Waals surface area contributed by atoms with E-state index in [2.05, 4.69) is 24.2 Å². The number of amidine groups is 1. The van der Waals surface area contributed by atoms with E-state index in [1.165, 1.54) is 6.07 Å². The summed E-state index contributed by atoms with van der Waals surface area (Å²) in [6.45, 7) is 4.47. The molecule has 0 aromatic heterocycles. The molecule has 0 bridgehead atoms. The Bertz CT molecular complexity index is 487. The van der Waals surface area contributed by atoms with Gasteiger partial charge in [-0.2, -0.15) is 13.2 Å². The molecule has 1 aromatic carbocycles. The second kappa shape index (κ2) is 6.08. The second-order valence-corrected chi connectivity index (χ2v) is 6.46. The second-order valence-electron chi connectivity index (χ2n) is 5.03. The summed E-state index contributed by atoms with van der Waals surface area (Å²) in [4.78, 5) is 4.38. The first kappa shape index (κ1) is 15.2. The predicted octanol–water partition coefficient (Wildman–Crippen LogP) is 4.06. The summed E-state index contributed by atoms with van der Waals surface area (Å²) in [6.07, 6.45) is -3.24. The molecular weight excluding hydrogens is 285 g/mol. The highest BCUT2D eigenvalue weighted by Crippen LogP contribution is 2.30. The van der Waals surface area contributed by atoms with Gasteiger partial charge in [-0.15, -0.1) is 0 Å². The molecule has 1 fully saturated rings. The molecule has 2 unspecified atom stereocenters. The number of benzene rings is 1. The minimum Gasteiger partial charge on any atom is -0.362 e. The van der Waals surface area contributed by atoms with E-state index < -0.39 is 11.7 Å². The van der Waals surface area contributed by atoms with Gasteiger partial charge in [-0.1, -0.05) is 30.8 Å². The maximum atomic E-state index is 12.6. The van der Waals surface area contributed by atoms with Crippen LogP contribution in [0, 0.1) is 0 Å². The fraction of sp³-hybridized carbons (Fsp3) is 0.500. The van der Waals surface area contributed by atoms with E-state index in [9.17, 15) is 13.2 Å². The lowest BCUT2D eigenvalue weighted by Crippen LogP contribution is -2.38. The molecule has 1 heterocycles. The maximum absolute atomic E-state index is 12.6. The van der Waals surface area contributed by atoms with Crippen molar-refractivity contribution < 1.29 is 13.2 Å². The highest BCUT2D eigenvalue weighted by molar-refractivity contribution is 8.14. The van der Waals surface area contributed by atoms with Gasteiger partial charge in [-0.3, -0.25) is 4.99 Å². The van der Waals surface area contributed by atoms with Gasteiger partial charge in [0.1, 0.15) is 0 Å². The normalized spacial score (nSPS) is 25.6. The van der Waals surface area contributed by atoms with Crippen LogP contribution in [0.25, 0.3) is 0 Å². The molecule has 1 N–H and O–H groups in total. The molecular formula is C14H17F3N2S. The molecule has 2 nitrogen and oxygen atoms in total. The molecule has 110 valence electrons. The van der Waals surface area contributed by atoms with E-state index in [1.807, 2.05) is 0 Å². The Morgan fingerprint density at radius 3 is 2.75 bits per heavy atom. The fourth-order valence-electron chi connectivity index (χ4n) is 2.13. The van der Waals surface area contributed by atoms with Gasteiger partial charge in [0.15, 0.2) is 5.17 Å². The van der Waals surface area contributed by atoms with E-state index >= 15 is 0 Å². The highest BCUT2D eigenvalue weighted by Gasteiger charge is 2.30. The number of hydrogen-bond acceptors (Lipinski definition) is 2. The van der Waals surface area contributed by atoms with Gasteiger partial charge < -0.3 is 5.32 Å². The molecule has 0 amide bonds. The third kappa shape index (κ3) is 4.16. The van der Waals surface area contributed by atoms with Crippen LogP contribution in [0.1, 0.15) is 31.4 Å². The van der Waals surface area contributed by atoms with Crippen molar-refractivity contribution in [3.8, 4) is 0 Å². The number of aliphatic imine (C=N–C) groups is 1. The van der Waals surface area contributed by atoms with Crippen LogP contribution in [0.3, 0.4) is 0 Å². The minimum absolute atomic E-state index is 0.263. The van der Waals surface area contributed by atoms with Gasteiger partial charge in [0, 0.05) is 11.3 Å². The lowest BCUT2D eigenvalue weighted by Gasteiger charge is -2.26. The van der Waals surface area contributed by atoms with Crippen molar-refractivity contribution in [2.24, 2.45) is 4.99 Å². The molecule has 0 saturated carbocycles. The average molecular weight is 302 g/mol. The van der Waals surface area contributed by atoms with Crippen LogP contribution in [-0.2, 0) is 12.7 Å². The van der Waals surface area contributed by atoms with Crippen LogP contribution in [0.5, 0.6) is 0 Å². The number of nitrogens with one attached hydrogen (secondary N) is 1. The van der Waals surface area contributed by atoms with Gasteiger partial charge in [-0.05, 0) is 31.0 Å². The summed E-state index contributed by atoms with van der Waals surface area (Å²) in [5.41, 5.74) is -0.0539. The summed E-state index contributed by atoms with van der Waals surface area (Å²) >= 11 is 1.64. The average Bonchev–Trinajstić information content (AvgIpc) is 2.35. The van der Waals surface area contributed by atoms with Gasteiger partial charge in [-0.25, -0.2) is 0 Å². The summed E-state index contributed by atoms with van der Waals surface area (Å²) in [5.74, 6) is 0. The van der Waals surface area contributed by atoms with Crippen molar-refractivity contribution in [3.05, 3.63) is 35.4 Å². The molecule has 0 spiro atoms. The van der Waals surface area contributed by atoms with Crippen LogP contribution in [0.2, 0.25) is 0 Å². The number of nitrogens with zero attached hydrogens (tertiary/aromatic N) is 1. The van der Waals surface area contributed by atoms with E-state index in [4.69, 9.17) is 0 Å². The number of halogens is 3. The number of alkyl halides is 3. The lowest BCUT2D eigenvalue weighted by molar-refractivity contribution is -0.137. The molecule has 0 aliphatic carbocycles. The zero-order valence-corrected chi connectivity index (χ0v) is 12.2. The smallest absolute Gasteiger partial charge is 0.362 e. The zero-order valence-electron chi connectivity index (χ0n) is 11.4. The zero-order chi connectivity index (χ0) is 14.8. The van der Waals surface area contributed by atoms with Gasteiger partial charge >= 0.3 is 6.18 Å². The fourth-order valence-corrected chi connectivity index (χ4v) is 3.31. The van der Waals surface area contributed by atoms with Crippen molar-refractivity contribution in [2.75, 3.05) is 0 Å². The largest absolute Gasteiger partial charge is 0.416 e. The van der Waals surface area contributed by atoms with Crippen molar-refractivity contribution in [1.82, 2.24) is 5.32 Å². The van der Waals surface area contributed by atoms with Crippen molar-refractivity contribution in [1.29, 1.82) is 0 Å². The summed E-state index contributed by atoms with van der Waals surface area (Å²) in [5, 5.41) is 4.54. The van der Waals surface area contributed by atoms with Crippen LogP contribution in [0.15, 0.2) is 29.3 Å². The topological polar surface area (TPSA) is 24.4 Å². The molecule has 20 heavy (non-hydrogen) atoms. The van der Waals surface area contributed by atoms with Crippen LogP contribution in [0.4, 0.5) is 13.2 Å². The van der Waals surface area contributed by atoms with E-state index in [-0.39, 0.29) is 6.54 Å². The molecule has 1 aromatic rings. The number of hydrogen-bond donors (Lipinski definition) is 1. The molecule has 1 aliphatic heterocycles. The maximum Gasteiger partial charge on any atom is 0.416 e. The third-order valence-corrected chi connectivity index (χ3v) is 4.09. The van der Waals surface area contributed by atoms with Gasteiger partial charge in [0.05, 0.1) is 12.1 Å². The third-order valence-electron chi connectivity index (χ3n) is 3.03. The molecule has 0 radical (unpaired) electrons. The molecule has 6 heteroatoms. The first-order valence-corrected chi connectivity index (χ1v) is 7.36. The Morgan fingerprint density at radius 1 is 1.35 bits per heavy atom. The van der Waals surface area contributed by atoms with Crippen LogP contribution < -0.4 is 5.32 Å². The number of rotatable bonds is 2. The SMILES string of the molecule is CC1CC(C)SC(=NCc2cccc(C(F)(F)F)c2)N1. The first-order chi connectivity index (χ1) is 9.34. The molecule has 1 aliphatic rings. The van der Waals surface area contributed by atoms with E-state index in [1.54, 1.807) is 17.8 Å². The lowest BCUT2D eigenvalue weighted by atomic mass is 10.1. The van der Waals surface area contributed by atoms with E-state index in [0.29, 0.717) is 16.9 Å². The quantitative estimate of drug-likeness (QED) is 0.890. The minimum atomic E-state index is -4.30. The van der Waals surface area contributed by atoms with Crippen LogP contribution in [-0.4, -0.2) is 16.5 Å². The Balaban J connectivity index is 2.07. The Morgan fingerprint density at radius 2 is 2.10 bits per heavy atom. The van der Waals surface area contributed by atoms with Crippen molar-refractivity contribution in [3.63, 3.8) is 0 Å². The predicted molar refractivity (Wildman–Crippen MR) is 76.9 cm³/mol. The molecule has 2 rings (SSSR count). The molecule has 1 saturated heterocycles. The Hall–Kier alpha value is -1.17. The van der Waals surface area contributed by atoms with Crippen molar-refractivity contribution in [2.45, 2.75) is 44.3 Å². The summed E-state index contributed by atoms with van der Waals surface area (Å²) in [6, 6.07) is 5.68. The highest BCUT2D eigenvalue weighted by atomic mass is 32.2. The number of thioether (sulfide) groups is 1. The Labute approximate surface area is 120 Å². The van der Waals surface area contributed by atoms with Crippen LogP contribution >= 0.6 is 11.8 Å². The molecule has 2 atom stereocenters. The summed E-state index contributed by atoms with van der Waals surface area (Å²) in [7, 11) is 0. The van der Waals surface area contributed by atoms with Gasteiger partial charge in [0.25, 0.3) is 0 Å². The monoisotopic (exact) mass is 302 g/mol. The van der Waals surface area contributed by atoms with Crippen molar-refractivity contribution >= 4 is 16.9 Å². The first-order valence-electron chi connectivity index (χ1n) is 6.48. The van der Waals surface area contributed by atoms with Gasteiger partial charge in [0.2, 0.25) is 0 Å².